The van der Waals surface area contributed by atoms with Crippen molar-refractivity contribution in [2.24, 2.45) is 0 Å². The number of phosphoric ester groups is 1. The minimum atomic E-state index is -4.21. The highest BCUT2D eigenvalue weighted by Crippen LogP contribution is 2.37. The van der Waals surface area contributed by atoms with Gasteiger partial charge >= 0.3 is 0 Å². The lowest BCUT2D eigenvalue weighted by molar-refractivity contribution is -0.870. The molecule has 0 spiro atoms. The predicted molar refractivity (Wildman–Crippen MR) is 114 cm³/mol. The molecule has 1 atom stereocenters. The van der Waals surface area contributed by atoms with Crippen molar-refractivity contribution in [1.29, 1.82) is 0 Å². The second kappa shape index (κ2) is 17.9. The van der Waals surface area contributed by atoms with E-state index in [1.165, 1.54) is 70.6 Å². The Morgan fingerprint density at radius 2 is 1.14 bits per heavy atom. The Morgan fingerprint density at radius 1 is 0.679 bits per heavy atom. The summed E-state index contributed by atoms with van der Waals surface area (Å²) in [6.07, 6.45) is 15.8. The quantitative estimate of drug-likeness (QED) is 0.149. The van der Waals surface area contributed by atoms with E-state index in [-0.39, 0.29) is 19.8 Å². The number of hydrogen-bond donors (Lipinski definition) is 0. The van der Waals surface area contributed by atoms with Crippen LogP contribution in [0.1, 0.15) is 84.0 Å². The Balaban J connectivity index is 3.29. The lowest BCUT2D eigenvalue weighted by atomic mass is 10.1. The number of phosphoric acid groups is 1. The van der Waals surface area contributed by atoms with Crippen molar-refractivity contribution in [2.75, 3.05) is 54.1 Å². The molecule has 6 nitrogen and oxygen atoms in total. The molecule has 0 radical (unpaired) electrons. The molecular formula is C21H46NO5P. The van der Waals surface area contributed by atoms with Crippen molar-refractivity contribution in [3.05, 3.63) is 0 Å². The zero-order valence-electron chi connectivity index (χ0n) is 19.0. The van der Waals surface area contributed by atoms with E-state index in [9.17, 15) is 9.46 Å². The Morgan fingerprint density at radius 3 is 1.64 bits per heavy atom. The monoisotopic (exact) mass is 423 g/mol. The first kappa shape index (κ1) is 28.0. The molecule has 0 saturated heterocycles. The molecule has 28 heavy (non-hydrogen) atoms. The maximum atomic E-state index is 11.6. The molecule has 1 unspecified atom stereocenters. The van der Waals surface area contributed by atoms with Crippen LogP contribution < -0.4 is 4.89 Å². The Hall–Kier alpha value is 0.0300. The van der Waals surface area contributed by atoms with Crippen molar-refractivity contribution in [2.45, 2.75) is 84.0 Å². The van der Waals surface area contributed by atoms with Gasteiger partial charge in [0.1, 0.15) is 13.2 Å². The van der Waals surface area contributed by atoms with E-state index in [1.807, 2.05) is 21.1 Å². The summed E-state index contributed by atoms with van der Waals surface area (Å²) in [6, 6.07) is 0. The van der Waals surface area contributed by atoms with E-state index in [4.69, 9.17) is 13.8 Å². The van der Waals surface area contributed by atoms with E-state index in [1.54, 1.807) is 0 Å². The SMILES string of the molecule is CCCCCCCCCCCCCCOCCOP(=O)([O-])OCC[N+](C)(C)C. The summed E-state index contributed by atoms with van der Waals surface area (Å²) in [4.78, 5) is 11.6. The molecule has 7 heteroatoms. The van der Waals surface area contributed by atoms with Gasteiger partial charge in [-0.15, -0.1) is 0 Å². The first-order chi connectivity index (χ1) is 13.3. The molecule has 0 heterocycles. The lowest BCUT2D eigenvalue weighted by Gasteiger charge is -2.27. The molecule has 170 valence electrons. The van der Waals surface area contributed by atoms with Crippen molar-refractivity contribution in [3.63, 3.8) is 0 Å². The fraction of sp³-hybridized carbons (Fsp3) is 1.00. The zero-order chi connectivity index (χ0) is 21.1. The van der Waals surface area contributed by atoms with E-state index >= 15 is 0 Å². The maximum absolute atomic E-state index is 11.6. The van der Waals surface area contributed by atoms with Gasteiger partial charge in [0.25, 0.3) is 7.82 Å². The van der Waals surface area contributed by atoms with Gasteiger partial charge in [0, 0.05) is 6.61 Å². The normalized spacial score (nSPS) is 14.3. The van der Waals surface area contributed by atoms with Gasteiger partial charge in [0.15, 0.2) is 0 Å². The molecule has 0 rings (SSSR count). The third-order valence-electron chi connectivity index (χ3n) is 4.63. The highest BCUT2D eigenvalue weighted by atomic mass is 31.2. The van der Waals surface area contributed by atoms with Crippen LogP contribution in [0, 0.1) is 0 Å². The molecule has 0 aliphatic rings. The van der Waals surface area contributed by atoms with Crippen molar-refractivity contribution >= 4 is 7.82 Å². The molecule has 0 amide bonds. The van der Waals surface area contributed by atoms with Crippen molar-refractivity contribution < 1.29 is 27.7 Å². The van der Waals surface area contributed by atoms with E-state index in [0.29, 0.717) is 17.6 Å². The van der Waals surface area contributed by atoms with E-state index in [2.05, 4.69) is 6.92 Å². The maximum Gasteiger partial charge on any atom is 0.268 e. The van der Waals surface area contributed by atoms with Gasteiger partial charge in [0.05, 0.1) is 34.4 Å². The van der Waals surface area contributed by atoms with Crippen molar-refractivity contribution in [3.8, 4) is 0 Å². The minimum Gasteiger partial charge on any atom is -0.756 e. The third-order valence-corrected chi connectivity index (χ3v) is 5.63. The average molecular weight is 424 g/mol. The first-order valence-corrected chi connectivity index (χ1v) is 12.7. The number of unbranched alkanes of at least 4 members (excludes halogenated alkanes) is 11. The Labute approximate surface area is 174 Å². The van der Waals surface area contributed by atoms with Crippen LogP contribution in [0.3, 0.4) is 0 Å². The van der Waals surface area contributed by atoms with Gasteiger partial charge in [-0.3, -0.25) is 4.57 Å². The third kappa shape index (κ3) is 22.3. The molecule has 0 fully saturated rings. The highest BCUT2D eigenvalue weighted by molar-refractivity contribution is 7.45. The van der Waals surface area contributed by atoms with Gasteiger partial charge in [-0.25, -0.2) is 0 Å². The Bertz CT molecular complexity index is 387. The van der Waals surface area contributed by atoms with Crippen LogP contribution in [0.4, 0.5) is 0 Å². The van der Waals surface area contributed by atoms with E-state index in [0.717, 1.165) is 6.42 Å². The number of ether oxygens (including phenoxy) is 1. The van der Waals surface area contributed by atoms with Gasteiger partial charge < -0.3 is 23.2 Å². The summed E-state index contributed by atoms with van der Waals surface area (Å²) < 4.78 is 27.3. The second-order valence-corrected chi connectivity index (χ2v) is 10.0. The fourth-order valence-corrected chi connectivity index (χ4v) is 3.50. The van der Waals surface area contributed by atoms with Crippen molar-refractivity contribution in [1.82, 2.24) is 0 Å². The van der Waals surface area contributed by atoms with Gasteiger partial charge in [-0.2, -0.15) is 0 Å². The highest BCUT2D eigenvalue weighted by Gasteiger charge is 2.13. The van der Waals surface area contributed by atoms with Crippen LogP contribution in [-0.2, 0) is 18.3 Å². The second-order valence-electron chi connectivity index (χ2n) is 8.63. The van der Waals surface area contributed by atoms with Gasteiger partial charge in [0.2, 0.25) is 0 Å². The summed E-state index contributed by atoms with van der Waals surface area (Å²) in [5.74, 6) is 0. The fourth-order valence-electron chi connectivity index (χ4n) is 2.82. The Kier molecular flexibility index (Phi) is 17.9. The standard InChI is InChI=1S/C21H46NO5P/c1-5-6-7-8-9-10-11-12-13-14-15-16-18-25-20-21-27-28(23,24)26-19-17-22(2,3)4/h5-21H2,1-4H3. The molecule has 0 aromatic heterocycles. The van der Waals surface area contributed by atoms with Crippen LogP contribution in [-0.4, -0.2) is 58.6 Å². The van der Waals surface area contributed by atoms with E-state index < -0.39 is 7.82 Å². The minimum absolute atomic E-state index is 0.0173. The van der Waals surface area contributed by atoms with Crippen LogP contribution in [0.15, 0.2) is 0 Å². The number of quaternary nitrogens is 1. The van der Waals surface area contributed by atoms with Crippen LogP contribution >= 0.6 is 7.82 Å². The summed E-state index contributed by atoms with van der Waals surface area (Å²) in [5.41, 5.74) is 0. The number of nitrogens with zero attached hydrogens (tertiary/aromatic N) is 1. The first-order valence-electron chi connectivity index (χ1n) is 11.2. The molecule has 0 aliphatic heterocycles. The summed E-state index contributed by atoms with van der Waals surface area (Å²) in [5, 5.41) is 0. The number of likely N-dealkylation sites (N-methyl/N-ethyl adjacent to an activating group) is 1. The summed E-state index contributed by atoms with van der Waals surface area (Å²) >= 11 is 0. The molecule has 0 N–H and O–H groups in total. The molecular weight excluding hydrogens is 377 g/mol. The zero-order valence-corrected chi connectivity index (χ0v) is 19.9. The number of rotatable bonds is 21. The van der Waals surface area contributed by atoms with Crippen LogP contribution in [0.5, 0.6) is 0 Å². The largest absolute Gasteiger partial charge is 0.756 e. The molecule has 0 aromatic rings. The molecule has 0 aromatic carbocycles. The van der Waals surface area contributed by atoms with Crippen LogP contribution in [0.2, 0.25) is 0 Å². The summed E-state index contributed by atoms with van der Waals surface area (Å²) in [7, 11) is 1.72. The smallest absolute Gasteiger partial charge is 0.268 e. The lowest BCUT2D eigenvalue weighted by Crippen LogP contribution is -2.37. The average Bonchev–Trinajstić information content (AvgIpc) is 2.60. The predicted octanol–water partition coefficient (Wildman–Crippen LogP) is 4.91. The molecule has 0 aliphatic carbocycles. The van der Waals surface area contributed by atoms with Gasteiger partial charge in [-0.05, 0) is 6.42 Å². The summed E-state index contributed by atoms with van der Waals surface area (Å²) in [6.45, 7) is 3.95. The molecule has 0 saturated carbocycles. The van der Waals surface area contributed by atoms with Gasteiger partial charge in [-0.1, -0.05) is 77.6 Å². The van der Waals surface area contributed by atoms with Crippen LogP contribution in [0.25, 0.3) is 0 Å². The number of hydrogen-bond acceptors (Lipinski definition) is 5. The molecule has 0 bridgehead atoms. The topological polar surface area (TPSA) is 67.8 Å².